The van der Waals surface area contributed by atoms with Gasteiger partial charge in [0.25, 0.3) is 0 Å². The molecule has 8 nitrogen and oxygen atoms in total. The first kappa shape index (κ1) is 27.4. The van der Waals surface area contributed by atoms with E-state index in [1.165, 1.54) is 12.1 Å². The predicted molar refractivity (Wildman–Crippen MR) is 136 cm³/mol. The van der Waals surface area contributed by atoms with Gasteiger partial charge in [-0.3, -0.25) is 9.88 Å². The molecule has 0 unspecified atom stereocenters. The van der Waals surface area contributed by atoms with Gasteiger partial charge in [-0.2, -0.15) is 0 Å². The number of aromatic carboxylic acids is 1. The van der Waals surface area contributed by atoms with Crippen LogP contribution in [-0.4, -0.2) is 64.2 Å². The van der Waals surface area contributed by atoms with Gasteiger partial charge in [-0.1, -0.05) is 29.8 Å². The number of piperidine rings is 1. The molecule has 0 amide bonds. The molecule has 2 aromatic carbocycles. The lowest BCUT2D eigenvalue weighted by atomic mass is 9.85. The molecule has 1 aliphatic rings. The van der Waals surface area contributed by atoms with Crippen molar-refractivity contribution in [1.29, 1.82) is 0 Å². The summed E-state index contributed by atoms with van der Waals surface area (Å²) in [6.07, 6.45) is 4.46. The first-order chi connectivity index (χ1) is 17.3. The van der Waals surface area contributed by atoms with Crippen LogP contribution in [0, 0.1) is 0 Å². The normalized spacial score (nSPS) is 15.8. The fraction of sp³-hybridized carbons (Fsp3) is 0.333. The van der Waals surface area contributed by atoms with Crippen molar-refractivity contribution in [3.63, 3.8) is 0 Å². The van der Waals surface area contributed by atoms with E-state index in [1.54, 1.807) is 31.6 Å². The summed E-state index contributed by atoms with van der Waals surface area (Å²) in [5, 5.41) is 30.3. The minimum atomic E-state index is -0.934. The summed E-state index contributed by atoms with van der Waals surface area (Å²) >= 11 is 5.52. The Balaban J connectivity index is 0.000000303. The summed E-state index contributed by atoms with van der Waals surface area (Å²) < 4.78 is 11.0. The number of aliphatic hydroxyl groups excluding tert-OH is 1. The average Bonchev–Trinajstić information content (AvgIpc) is 2.90. The van der Waals surface area contributed by atoms with Crippen molar-refractivity contribution in [3.05, 3.63) is 89.2 Å². The molecule has 3 aromatic rings. The number of benzene rings is 2. The third-order valence-electron chi connectivity index (χ3n) is 6.04. The second-order valence-corrected chi connectivity index (χ2v) is 8.83. The molecular formula is C27H31ClN2O6. The Morgan fingerprint density at radius 3 is 2.33 bits per heavy atom. The van der Waals surface area contributed by atoms with Gasteiger partial charge in [0, 0.05) is 42.5 Å². The maximum atomic E-state index is 10.8. The topological polar surface area (TPSA) is 112 Å². The van der Waals surface area contributed by atoms with Gasteiger partial charge in [0.15, 0.2) is 11.5 Å². The number of hydrogen-bond donors (Lipinski definition) is 3. The van der Waals surface area contributed by atoms with Gasteiger partial charge in [0.05, 0.1) is 24.9 Å². The molecule has 192 valence electrons. The Morgan fingerprint density at radius 1 is 1.08 bits per heavy atom. The standard InChI is InChI=1S/C20H26N2O4.C7H5ClO2/c1-25-17-6-2-3-7-18(17)26-14-8-19(23)22-12-9-20(24,10-13-22)16-5-4-11-21-15-16;8-6-3-1-5(2-4-6)7(9)10/h2-7,11,15,19,23-24H,8-10,12-14H2,1H3;1-4H,(H,9,10)/t19-;/m0./s1. The lowest BCUT2D eigenvalue weighted by Gasteiger charge is -2.40. The molecule has 9 heteroatoms. The van der Waals surface area contributed by atoms with Crippen LogP contribution in [0.2, 0.25) is 5.02 Å². The van der Waals surface area contributed by atoms with Crippen LogP contribution in [-0.2, 0) is 5.60 Å². The van der Waals surface area contributed by atoms with Gasteiger partial charge in [-0.25, -0.2) is 4.79 Å². The van der Waals surface area contributed by atoms with Crippen molar-refractivity contribution in [2.45, 2.75) is 31.1 Å². The fourth-order valence-corrected chi connectivity index (χ4v) is 4.03. The summed E-state index contributed by atoms with van der Waals surface area (Å²) in [6.45, 7) is 1.65. The Morgan fingerprint density at radius 2 is 1.75 bits per heavy atom. The van der Waals surface area contributed by atoms with Crippen LogP contribution in [0.1, 0.15) is 35.2 Å². The number of rotatable bonds is 8. The molecule has 2 heterocycles. The highest BCUT2D eigenvalue weighted by Gasteiger charge is 2.35. The van der Waals surface area contributed by atoms with Gasteiger partial charge in [0.1, 0.15) is 6.23 Å². The summed E-state index contributed by atoms with van der Waals surface area (Å²) in [7, 11) is 1.61. The second-order valence-electron chi connectivity index (χ2n) is 8.39. The smallest absolute Gasteiger partial charge is 0.335 e. The number of hydrogen-bond acceptors (Lipinski definition) is 7. The zero-order valence-electron chi connectivity index (χ0n) is 20.1. The van der Waals surface area contributed by atoms with Gasteiger partial charge in [0.2, 0.25) is 0 Å². The summed E-state index contributed by atoms with van der Waals surface area (Å²) in [5.74, 6) is 0.421. The van der Waals surface area contributed by atoms with Crippen LogP contribution in [0.3, 0.4) is 0 Å². The van der Waals surface area contributed by atoms with Crippen molar-refractivity contribution in [2.24, 2.45) is 0 Å². The molecule has 36 heavy (non-hydrogen) atoms. The minimum Gasteiger partial charge on any atom is -0.493 e. The third-order valence-corrected chi connectivity index (χ3v) is 6.29. The molecule has 0 radical (unpaired) electrons. The summed E-state index contributed by atoms with van der Waals surface area (Å²) in [6, 6.07) is 17.2. The van der Waals surface area contributed by atoms with Gasteiger partial charge < -0.3 is 24.8 Å². The average molecular weight is 515 g/mol. The molecule has 1 aliphatic heterocycles. The zero-order chi connectivity index (χ0) is 26.0. The Labute approximate surface area is 215 Å². The maximum Gasteiger partial charge on any atom is 0.335 e. The first-order valence-corrected chi connectivity index (χ1v) is 12.0. The molecule has 4 rings (SSSR count). The second kappa shape index (κ2) is 13.2. The summed E-state index contributed by atoms with van der Waals surface area (Å²) in [4.78, 5) is 16.3. The van der Waals surface area contributed by atoms with E-state index in [2.05, 4.69) is 4.98 Å². The number of para-hydroxylation sites is 2. The van der Waals surface area contributed by atoms with E-state index in [-0.39, 0.29) is 5.56 Å². The van der Waals surface area contributed by atoms with Crippen LogP contribution in [0.5, 0.6) is 11.5 Å². The first-order valence-electron chi connectivity index (χ1n) is 11.6. The highest BCUT2D eigenvalue weighted by Crippen LogP contribution is 2.33. The van der Waals surface area contributed by atoms with Crippen molar-refractivity contribution < 1.29 is 29.6 Å². The van der Waals surface area contributed by atoms with Gasteiger partial charge in [-0.05, 0) is 55.3 Å². The number of ether oxygens (including phenoxy) is 2. The van der Waals surface area contributed by atoms with E-state index < -0.39 is 17.8 Å². The van der Waals surface area contributed by atoms with E-state index in [9.17, 15) is 15.0 Å². The molecule has 0 aliphatic carbocycles. The molecular weight excluding hydrogens is 484 g/mol. The number of halogens is 1. The molecule has 3 N–H and O–H groups in total. The van der Waals surface area contributed by atoms with Crippen LogP contribution in [0.4, 0.5) is 0 Å². The van der Waals surface area contributed by atoms with Crippen LogP contribution >= 0.6 is 11.6 Å². The molecule has 1 atom stereocenters. The number of aliphatic hydroxyl groups is 2. The summed E-state index contributed by atoms with van der Waals surface area (Å²) in [5.41, 5.74) is 0.233. The van der Waals surface area contributed by atoms with E-state index >= 15 is 0 Å². The quantitative estimate of drug-likeness (QED) is 0.410. The van der Waals surface area contributed by atoms with E-state index in [4.69, 9.17) is 26.2 Å². The van der Waals surface area contributed by atoms with Crippen molar-refractivity contribution in [2.75, 3.05) is 26.8 Å². The highest BCUT2D eigenvalue weighted by atomic mass is 35.5. The number of nitrogens with zero attached hydrogens (tertiary/aromatic N) is 2. The number of carboxylic acid groups (broad SMARTS) is 1. The van der Waals surface area contributed by atoms with Crippen LogP contribution in [0.15, 0.2) is 73.1 Å². The highest BCUT2D eigenvalue weighted by molar-refractivity contribution is 6.30. The number of likely N-dealkylation sites (tertiary alicyclic amines) is 1. The number of carboxylic acids is 1. The molecule has 1 fully saturated rings. The largest absolute Gasteiger partial charge is 0.493 e. The van der Waals surface area contributed by atoms with Crippen molar-refractivity contribution >= 4 is 17.6 Å². The maximum absolute atomic E-state index is 10.8. The fourth-order valence-electron chi connectivity index (χ4n) is 3.91. The monoisotopic (exact) mass is 514 g/mol. The molecule has 0 saturated carbocycles. The number of aromatic nitrogens is 1. The molecule has 0 spiro atoms. The number of methoxy groups -OCH3 is 1. The number of pyridine rings is 1. The van der Waals surface area contributed by atoms with Crippen LogP contribution in [0.25, 0.3) is 0 Å². The Bertz CT molecular complexity index is 1090. The van der Waals surface area contributed by atoms with Gasteiger partial charge in [-0.15, -0.1) is 0 Å². The minimum absolute atomic E-state index is 0.254. The molecule has 0 bridgehead atoms. The van der Waals surface area contributed by atoms with Crippen LogP contribution < -0.4 is 9.47 Å². The lowest BCUT2D eigenvalue weighted by Crippen LogP contribution is -2.47. The SMILES string of the molecule is COc1ccccc1OCC[C@H](O)N1CCC(O)(c2cccnc2)CC1.O=C(O)c1ccc(Cl)cc1. The molecule has 1 saturated heterocycles. The lowest BCUT2D eigenvalue weighted by molar-refractivity contribution is -0.0820. The van der Waals surface area contributed by atoms with E-state index in [0.717, 1.165) is 5.56 Å². The van der Waals surface area contributed by atoms with E-state index in [0.29, 0.717) is 55.5 Å². The van der Waals surface area contributed by atoms with Crippen molar-refractivity contribution in [3.8, 4) is 11.5 Å². The van der Waals surface area contributed by atoms with E-state index in [1.807, 2.05) is 41.3 Å². The third kappa shape index (κ3) is 7.66. The Hall–Kier alpha value is -3.17. The zero-order valence-corrected chi connectivity index (χ0v) is 20.8. The predicted octanol–water partition coefficient (Wildman–Crippen LogP) is 4.20. The number of carbonyl (C=O) groups is 1. The van der Waals surface area contributed by atoms with Gasteiger partial charge >= 0.3 is 5.97 Å². The molecule has 1 aromatic heterocycles. The van der Waals surface area contributed by atoms with Crippen molar-refractivity contribution in [1.82, 2.24) is 9.88 Å². The Kier molecular flexibility index (Phi) is 10.1.